The Balaban J connectivity index is 2.34. The number of ether oxygens (including phenoxy) is 1. The minimum Gasteiger partial charge on any atom is -0.394 e. The number of rotatable bonds is 2. The summed E-state index contributed by atoms with van der Waals surface area (Å²) >= 11 is 0. The Morgan fingerprint density at radius 1 is 1.52 bits per heavy atom. The lowest BCUT2D eigenvalue weighted by Crippen LogP contribution is -2.45. The number of aromatic amines is 1. The first kappa shape index (κ1) is 15.1. The molecule has 2 aromatic rings. The van der Waals surface area contributed by atoms with E-state index in [1.165, 1.54) is 13.1 Å². The molecule has 23 heavy (non-hydrogen) atoms. The zero-order valence-corrected chi connectivity index (χ0v) is 12.0. The fraction of sp³-hybridized carbons (Fsp3) is 0.462. The van der Waals surface area contributed by atoms with Crippen molar-refractivity contribution in [1.82, 2.24) is 19.6 Å². The molecule has 10 heteroatoms. The molecule has 10 nitrogen and oxygen atoms in total. The molecule has 0 aromatic carbocycles. The maximum atomic E-state index is 11.8. The van der Waals surface area contributed by atoms with E-state index in [0.29, 0.717) is 0 Å². The van der Waals surface area contributed by atoms with Crippen molar-refractivity contribution in [2.45, 2.75) is 24.7 Å². The Morgan fingerprint density at radius 3 is 2.87 bits per heavy atom. The van der Waals surface area contributed by atoms with Gasteiger partial charge in [-0.3, -0.25) is 4.79 Å². The monoisotopic (exact) mass is 316 g/mol. The van der Waals surface area contributed by atoms with E-state index in [1.54, 1.807) is 0 Å². The molecule has 1 saturated heterocycles. The third kappa shape index (κ3) is 1.68. The fourth-order valence-electron chi connectivity index (χ4n) is 2.87. The average molecular weight is 316 g/mol. The van der Waals surface area contributed by atoms with Crippen LogP contribution in [0, 0.1) is 28.1 Å². The van der Waals surface area contributed by atoms with Crippen LogP contribution in [0.1, 0.15) is 12.6 Å². The number of hydrogen-bond acceptors (Lipinski definition) is 8. The number of aliphatic hydroxyl groups excluding tert-OH is 2. The Labute approximate surface area is 129 Å². The van der Waals surface area contributed by atoms with Crippen LogP contribution in [0.25, 0.3) is 5.65 Å². The van der Waals surface area contributed by atoms with Crippen LogP contribution in [0.3, 0.4) is 0 Å². The Morgan fingerprint density at radius 2 is 2.26 bits per heavy atom. The predicted molar refractivity (Wildman–Crippen MR) is 72.6 cm³/mol. The van der Waals surface area contributed by atoms with Gasteiger partial charge in [-0.1, -0.05) is 0 Å². The van der Waals surface area contributed by atoms with E-state index in [0.717, 1.165) is 10.8 Å². The van der Waals surface area contributed by atoms with Crippen LogP contribution in [0.5, 0.6) is 0 Å². The lowest BCUT2D eigenvalue weighted by atomic mass is 9.71. The summed E-state index contributed by atoms with van der Waals surface area (Å²) in [4.78, 5) is 18.0. The highest BCUT2D eigenvalue weighted by molar-refractivity contribution is 5.43. The van der Waals surface area contributed by atoms with Gasteiger partial charge in [0.25, 0.3) is 5.56 Å². The molecule has 3 rings (SSSR count). The zero-order valence-electron chi connectivity index (χ0n) is 12.0. The molecule has 118 valence electrons. The molecule has 0 aliphatic carbocycles. The van der Waals surface area contributed by atoms with Gasteiger partial charge in [-0.05, 0) is 6.92 Å². The molecular formula is C13H12N6O4. The first-order chi connectivity index (χ1) is 10.9. The summed E-state index contributed by atoms with van der Waals surface area (Å²) in [5, 5.41) is 42.9. The second-order valence-corrected chi connectivity index (χ2v) is 5.39. The standard InChI is InChI=1S/C13H12N6O4/c1-12(4-14)9(21)7(3-20)23-13(12,5-15)8-2-16-10-11(22)17-6-18-19(8)10/h2,6-7,9,20-21H,3H2,1H3,(H,17,18,22). The van der Waals surface area contributed by atoms with Crippen LogP contribution in [-0.4, -0.2) is 48.6 Å². The molecule has 1 aliphatic heterocycles. The van der Waals surface area contributed by atoms with Crippen molar-refractivity contribution in [2.75, 3.05) is 6.61 Å². The average Bonchev–Trinajstić information content (AvgIpc) is 3.09. The molecule has 0 bridgehead atoms. The molecule has 4 atom stereocenters. The topological polar surface area (TPSA) is 160 Å². The Kier molecular flexibility index (Phi) is 3.19. The van der Waals surface area contributed by atoms with Gasteiger partial charge in [0, 0.05) is 0 Å². The fourth-order valence-corrected chi connectivity index (χ4v) is 2.87. The first-order valence-electron chi connectivity index (χ1n) is 6.66. The lowest BCUT2D eigenvalue weighted by molar-refractivity contribution is -0.0585. The smallest absolute Gasteiger partial charge is 0.294 e. The molecule has 1 fully saturated rings. The zero-order chi connectivity index (χ0) is 16.8. The molecule has 3 N–H and O–H groups in total. The van der Waals surface area contributed by atoms with Gasteiger partial charge in [-0.15, -0.1) is 0 Å². The van der Waals surface area contributed by atoms with Crippen LogP contribution in [0.2, 0.25) is 0 Å². The summed E-state index contributed by atoms with van der Waals surface area (Å²) in [6, 6.07) is 3.80. The van der Waals surface area contributed by atoms with E-state index in [1.807, 2.05) is 12.1 Å². The summed E-state index contributed by atoms with van der Waals surface area (Å²) in [6.45, 7) is 0.774. The summed E-state index contributed by atoms with van der Waals surface area (Å²) in [5.41, 5.74) is -4.23. The molecule has 0 spiro atoms. The molecule has 0 saturated carbocycles. The maximum Gasteiger partial charge on any atom is 0.294 e. The molecular weight excluding hydrogens is 304 g/mol. The van der Waals surface area contributed by atoms with E-state index in [-0.39, 0.29) is 11.3 Å². The largest absolute Gasteiger partial charge is 0.394 e. The highest BCUT2D eigenvalue weighted by Crippen LogP contribution is 2.52. The van der Waals surface area contributed by atoms with Crippen LogP contribution in [0.4, 0.5) is 0 Å². The van der Waals surface area contributed by atoms with E-state index >= 15 is 0 Å². The normalized spacial score (nSPS) is 33.4. The van der Waals surface area contributed by atoms with E-state index in [9.17, 15) is 25.5 Å². The molecule has 0 amide bonds. The van der Waals surface area contributed by atoms with Crippen molar-refractivity contribution < 1.29 is 14.9 Å². The van der Waals surface area contributed by atoms with Crippen LogP contribution < -0.4 is 5.56 Å². The number of aliphatic hydroxyl groups is 2. The molecule has 1 aliphatic rings. The van der Waals surface area contributed by atoms with E-state index < -0.39 is 35.4 Å². The van der Waals surface area contributed by atoms with E-state index in [4.69, 9.17) is 4.74 Å². The Hall–Kier alpha value is -2.79. The van der Waals surface area contributed by atoms with Gasteiger partial charge in [0.2, 0.25) is 11.2 Å². The SMILES string of the molecule is CC1(C#N)C(O)C(CO)OC1(C#N)c1cnc2c(=O)[nH]cnn12. The number of nitrogens with one attached hydrogen (secondary N) is 1. The third-order valence-corrected chi connectivity index (χ3v) is 4.24. The van der Waals surface area contributed by atoms with Gasteiger partial charge in [-0.25, -0.2) is 9.50 Å². The number of fused-ring (bicyclic) bond motifs is 1. The van der Waals surface area contributed by atoms with Crippen molar-refractivity contribution in [3.63, 3.8) is 0 Å². The predicted octanol–water partition coefficient (Wildman–Crippen LogP) is -1.58. The second-order valence-electron chi connectivity index (χ2n) is 5.39. The maximum absolute atomic E-state index is 11.8. The molecule has 4 unspecified atom stereocenters. The van der Waals surface area contributed by atoms with Gasteiger partial charge in [0.15, 0.2) is 0 Å². The molecule has 3 heterocycles. The Bertz CT molecular complexity index is 908. The minimum absolute atomic E-state index is 0.0279. The summed E-state index contributed by atoms with van der Waals surface area (Å²) in [6.07, 6.45) is -0.232. The number of hydrogen-bond donors (Lipinski definition) is 3. The van der Waals surface area contributed by atoms with Crippen LogP contribution in [-0.2, 0) is 10.3 Å². The summed E-state index contributed by atoms with van der Waals surface area (Å²) < 4.78 is 6.65. The van der Waals surface area contributed by atoms with Crippen LogP contribution >= 0.6 is 0 Å². The van der Waals surface area contributed by atoms with Gasteiger partial charge >= 0.3 is 0 Å². The van der Waals surface area contributed by atoms with Crippen molar-refractivity contribution in [1.29, 1.82) is 10.5 Å². The van der Waals surface area contributed by atoms with Crippen molar-refractivity contribution >= 4 is 5.65 Å². The van der Waals surface area contributed by atoms with Gasteiger partial charge in [0.1, 0.15) is 35.7 Å². The minimum atomic E-state index is -1.95. The van der Waals surface area contributed by atoms with Gasteiger partial charge < -0.3 is 19.9 Å². The van der Waals surface area contributed by atoms with Crippen LogP contribution in [0.15, 0.2) is 17.3 Å². The highest BCUT2D eigenvalue weighted by atomic mass is 16.5. The number of nitrogens with zero attached hydrogens (tertiary/aromatic N) is 5. The summed E-state index contributed by atoms with van der Waals surface area (Å²) in [7, 11) is 0. The highest BCUT2D eigenvalue weighted by Gasteiger charge is 2.66. The van der Waals surface area contributed by atoms with Crippen molar-refractivity contribution in [3.05, 3.63) is 28.6 Å². The first-order valence-corrected chi connectivity index (χ1v) is 6.66. The van der Waals surface area contributed by atoms with E-state index in [2.05, 4.69) is 15.1 Å². The van der Waals surface area contributed by atoms with Crippen molar-refractivity contribution in [3.8, 4) is 12.1 Å². The van der Waals surface area contributed by atoms with Crippen molar-refractivity contribution in [2.24, 2.45) is 5.41 Å². The second kappa shape index (κ2) is 4.86. The number of H-pyrrole nitrogens is 1. The quantitative estimate of drug-likeness (QED) is 0.598. The number of nitriles is 2. The molecule has 0 radical (unpaired) electrons. The molecule has 2 aromatic heterocycles. The lowest BCUT2D eigenvalue weighted by Gasteiger charge is -2.31. The van der Waals surface area contributed by atoms with Gasteiger partial charge in [-0.2, -0.15) is 15.6 Å². The van der Waals surface area contributed by atoms with Gasteiger partial charge in [0.05, 0.1) is 18.9 Å². The third-order valence-electron chi connectivity index (χ3n) is 4.24. The number of imidazole rings is 1. The summed E-state index contributed by atoms with van der Waals surface area (Å²) in [5.74, 6) is 0. The number of aromatic nitrogens is 4.